The molecule has 5 rings (SSSR count). The van der Waals surface area contributed by atoms with Gasteiger partial charge in [-0.1, -0.05) is 6.07 Å². The number of benzene rings is 1. The minimum atomic E-state index is -0.455. The summed E-state index contributed by atoms with van der Waals surface area (Å²) in [7, 11) is 0. The van der Waals surface area contributed by atoms with E-state index in [0.717, 1.165) is 17.8 Å². The van der Waals surface area contributed by atoms with Gasteiger partial charge in [-0.15, -0.1) is 0 Å². The highest BCUT2D eigenvalue weighted by Crippen LogP contribution is 2.55. The molecule has 1 aromatic rings. The number of rotatable bonds is 5. The zero-order chi connectivity index (χ0) is 16.7. The van der Waals surface area contributed by atoms with Crippen LogP contribution >= 0.6 is 0 Å². The first-order valence-electron chi connectivity index (χ1n) is 8.81. The highest BCUT2D eigenvalue weighted by Gasteiger charge is 2.50. The third-order valence-electron chi connectivity index (χ3n) is 6.00. The highest BCUT2D eigenvalue weighted by molar-refractivity contribution is 5.92. The second-order valence-corrected chi connectivity index (χ2v) is 7.91. The van der Waals surface area contributed by atoms with E-state index in [1.165, 1.54) is 50.7 Å². The summed E-state index contributed by atoms with van der Waals surface area (Å²) in [5.41, 5.74) is 0.609. The van der Waals surface area contributed by atoms with Crippen molar-refractivity contribution in [1.82, 2.24) is 5.32 Å². The summed E-state index contributed by atoms with van der Waals surface area (Å²) in [5, 5.41) is 17.1. The maximum Gasteiger partial charge on any atom is 0.271 e. The second kappa shape index (κ2) is 5.84. The SMILES string of the molecule is O=C(CNC12CC3CC(CC(C3)C1)C2)Nc1cccc([N+](=O)[O-])c1. The molecule has 0 heterocycles. The van der Waals surface area contributed by atoms with E-state index in [0.29, 0.717) is 5.69 Å². The fourth-order valence-electron chi connectivity index (χ4n) is 5.50. The van der Waals surface area contributed by atoms with Gasteiger partial charge >= 0.3 is 0 Å². The molecule has 1 aromatic carbocycles. The second-order valence-electron chi connectivity index (χ2n) is 7.91. The van der Waals surface area contributed by atoms with E-state index in [-0.39, 0.29) is 23.7 Å². The molecule has 128 valence electrons. The molecule has 0 aromatic heterocycles. The summed E-state index contributed by atoms with van der Waals surface area (Å²) >= 11 is 0. The molecule has 0 aliphatic heterocycles. The molecule has 6 heteroatoms. The summed E-state index contributed by atoms with van der Waals surface area (Å²) in [6, 6.07) is 6.07. The Hall–Kier alpha value is -1.95. The molecule has 4 saturated carbocycles. The molecular weight excluding hydrogens is 306 g/mol. The molecule has 0 unspecified atom stereocenters. The number of hydrogen-bond donors (Lipinski definition) is 2. The number of nitrogens with zero attached hydrogens (tertiary/aromatic N) is 1. The molecule has 4 aliphatic rings. The zero-order valence-electron chi connectivity index (χ0n) is 13.7. The van der Waals surface area contributed by atoms with Crippen LogP contribution < -0.4 is 10.6 Å². The van der Waals surface area contributed by atoms with Crippen LogP contribution in [-0.2, 0) is 4.79 Å². The molecule has 0 atom stereocenters. The van der Waals surface area contributed by atoms with Crippen molar-refractivity contribution in [3.63, 3.8) is 0 Å². The van der Waals surface area contributed by atoms with Gasteiger partial charge in [0.2, 0.25) is 5.91 Å². The number of non-ortho nitro benzene ring substituents is 1. The van der Waals surface area contributed by atoms with Crippen molar-refractivity contribution in [2.45, 2.75) is 44.1 Å². The minimum Gasteiger partial charge on any atom is -0.325 e. The lowest BCUT2D eigenvalue weighted by Gasteiger charge is -2.57. The maximum absolute atomic E-state index is 12.2. The van der Waals surface area contributed by atoms with E-state index < -0.39 is 4.92 Å². The number of amides is 1. The topological polar surface area (TPSA) is 84.3 Å². The Morgan fingerprint density at radius 2 is 1.79 bits per heavy atom. The number of carbonyl (C=O) groups excluding carboxylic acids is 1. The van der Waals surface area contributed by atoms with Crippen LogP contribution in [-0.4, -0.2) is 22.9 Å². The largest absolute Gasteiger partial charge is 0.325 e. The number of hydrogen-bond acceptors (Lipinski definition) is 4. The molecule has 4 fully saturated rings. The van der Waals surface area contributed by atoms with Crippen LogP contribution in [0.1, 0.15) is 38.5 Å². The van der Waals surface area contributed by atoms with Crippen LogP contribution in [0.25, 0.3) is 0 Å². The Labute approximate surface area is 141 Å². The molecule has 6 nitrogen and oxygen atoms in total. The zero-order valence-corrected chi connectivity index (χ0v) is 13.7. The van der Waals surface area contributed by atoms with Gasteiger partial charge in [0.15, 0.2) is 0 Å². The van der Waals surface area contributed by atoms with Crippen LogP contribution in [0.4, 0.5) is 11.4 Å². The molecular formula is C18H23N3O3. The predicted octanol–water partition coefficient (Wildman–Crippen LogP) is 3.09. The van der Waals surface area contributed by atoms with Crippen LogP contribution in [0.3, 0.4) is 0 Å². The van der Waals surface area contributed by atoms with Gasteiger partial charge in [-0.25, -0.2) is 0 Å². The van der Waals surface area contributed by atoms with E-state index in [4.69, 9.17) is 0 Å². The van der Waals surface area contributed by atoms with Crippen molar-refractivity contribution in [2.24, 2.45) is 17.8 Å². The van der Waals surface area contributed by atoms with Crippen molar-refractivity contribution in [3.8, 4) is 0 Å². The van der Waals surface area contributed by atoms with Crippen molar-refractivity contribution in [2.75, 3.05) is 11.9 Å². The Morgan fingerprint density at radius 1 is 1.17 bits per heavy atom. The summed E-state index contributed by atoms with van der Waals surface area (Å²) in [5.74, 6) is 2.38. The molecule has 24 heavy (non-hydrogen) atoms. The summed E-state index contributed by atoms with van der Waals surface area (Å²) < 4.78 is 0. The maximum atomic E-state index is 12.2. The third-order valence-corrected chi connectivity index (χ3v) is 6.00. The lowest BCUT2D eigenvalue weighted by Crippen LogP contribution is -2.59. The average Bonchev–Trinajstić information content (AvgIpc) is 2.52. The van der Waals surface area contributed by atoms with Crippen molar-refractivity contribution in [1.29, 1.82) is 0 Å². The van der Waals surface area contributed by atoms with E-state index >= 15 is 0 Å². The number of nitrogens with one attached hydrogen (secondary N) is 2. The van der Waals surface area contributed by atoms with Crippen molar-refractivity contribution < 1.29 is 9.72 Å². The first-order chi connectivity index (χ1) is 11.5. The molecule has 0 radical (unpaired) electrons. The average molecular weight is 329 g/mol. The van der Waals surface area contributed by atoms with Crippen molar-refractivity contribution in [3.05, 3.63) is 34.4 Å². The summed E-state index contributed by atoms with van der Waals surface area (Å²) in [4.78, 5) is 22.6. The van der Waals surface area contributed by atoms with Gasteiger partial charge in [-0.05, 0) is 62.3 Å². The third kappa shape index (κ3) is 3.02. The van der Waals surface area contributed by atoms with E-state index in [1.54, 1.807) is 12.1 Å². The Bertz CT molecular complexity index is 638. The van der Waals surface area contributed by atoms with E-state index in [9.17, 15) is 14.9 Å². The number of nitro groups is 1. The predicted molar refractivity (Wildman–Crippen MR) is 90.6 cm³/mol. The number of anilines is 1. The van der Waals surface area contributed by atoms with E-state index in [1.807, 2.05) is 0 Å². The summed E-state index contributed by atoms with van der Waals surface area (Å²) in [6.07, 6.45) is 7.72. The Balaban J connectivity index is 1.35. The lowest BCUT2D eigenvalue weighted by atomic mass is 9.53. The molecule has 0 saturated heterocycles. The van der Waals surface area contributed by atoms with Gasteiger partial charge in [-0.2, -0.15) is 0 Å². The first-order valence-corrected chi connectivity index (χ1v) is 8.81. The molecule has 4 bridgehead atoms. The fraction of sp³-hybridized carbons (Fsp3) is 0.611. The molecule has 2 N–H and O–H groups in total. The fourth-order valence-corrected chi connectivity index (χ4v) is 5.50. The quantitative estimate of drug-likeness (QED) is 0.642. The van der Waals surface area contributed by atoms with Gasteiger partial charge in [0.1, 0.15) is 0 Å². The molecule has 0 spiro atoms. The Morgan fingerprint density at radius 3 is 2.38 bits per heavy atom. The highest BCUT2D eigenvalue weighted by atomic mass is 16.6. The number of carbonyl (C=O) groups is 1. The van der Waals surface area contributed by atoms with Gasteiger partial charge in [-0.3, -0.25) is 14.9 Å². The van der Waals surface area contributed by atoms with Gasteiger partial charge in [0.25, 0.3) is 5.69 Å². The first kappa shape index (κ1) is 15.6. The molecule has 4 aliphatic carbocycles. The van der Waals surface area contributed by atoms with Crippen LogP contribution in [0.15, 0.2) is 24.3 Å². The van der Waals surface area contributed by atoms with Gasteiger partial charge in [0.05, 0.1) is 11.5 Å². The standard InChI is InChI=1S/C18H23N3O3/c22-17(20-15-2-1-3-16(7-15)21(23)24)11-19-18-8-12-4-13(9-18)6-14(5-12)10-18/h1-3,7,12-14,19H,4-6,8-11H2,(H,20,22). The minimum absolute atomic E-state index is 0.0122. The monoisotopic (exact) mass is 329 g/mol. The van der Waals surface area contributed by atoms with Crippen LogP contribution in [0.2, 0.25) is 0 Å². The smallest absolute Gasteiger partial charge is 0.271 e. The van der Waals surface area contributed by atoms with E-state index in [2.05, 4.69) is 10.6 Å². The van der Waals surface area contributed by atoms with Crippen LogP contribution in [0.5, 0.6) is 0 Å². The summed E-state index contributed by atoms with van der Waals surface area (Å²) in [6.45, 7) is 0.273. The molecule has 1 amide bonds. The lowest BCUT2D eigenvalue weighted by molar-refractivity contribution is -0.384. The van der Waals surface area contributed by atoms with Gasteiger partial charge in [0, 0.05) is 23.4 Å². The van der Waals surface area contributed by atoms with Crippen molar-refractivity contribution >= 4 is 17.3 Å². The van der Waals surface area contributed by atoms with Gasteiger partial charge < -0.3 is 10.6 Å². The van der Waals surface area contributed by atoms with Crippen LogP contribution in [0, 0.1) is 27.9 Å². The number of nitro benzene ring substituents is 1. The Kier molecular flexibility index (Phi) is 3.79. The normalized spacial score (nSPS) is 33.4.